The van der Waals surface area contributed by atoms with E-state index in [9.17, 15) is 19.5 Å². The van der Waals surface area contributed by atoms with Gasteiger partial charge in [-0.15, -0.1) is 11.3 Å². The first-order chi connectivity index (χ1) is 15.3. The summed E-state index contributed by atoms with van der Waals surface area (Å²) in [6, 6.07) is 16.6. The van der Waals surface area contributed by atoms with Crippen molar-refractivity contribution in [3.05, 3.63) is 59.5 Å². The predicted octanol–water partition coefficient (Wildman–Crippen LogP) is 3.38. The number of hydrogen-bond acceptors (Lipinski definition) is 5. The van der Waals surface area contributed by atoms with Crippen LogP contribution in [0.5, 0.6) is 0 Å². The quantitative estimate of drug-likeness (QED) is 0.518. The van der Waals surface area contributed by atoms with Gasteiger partial charge in [0.05, 0.1) is 6.54 Å². The molecule has 1 saturated heterocycles. The molecule has 0 bridgehead atoms. The molecule has 1 fully saturated rings. The van der Waals surface area contributed by atoms with Crippen molar-refractivity contribution in [1.82, 2.24) is 5.32 Å². The summed E-state index contributed by atoms with van der Waals surface area (Å²) >= 11 is 1.45. The molecule has 2 heterocycles. The fraction of sp³-hybridized carbons (Fsp3) is 0.292. The van der Waals surface area contributed by atoms with Crippen LogP contribution in [-0.2, 0) is 20.0 Å². The number of benzene rings is 2. The van der Waals surface area contributed by atoms with Crippen molar-refractivity contribution in [3.63, 3.8) is 0 Å². The van der Waals surface area contributed by atoms with Crippen LogP contribution in [0.1, 0.15) is 31.1 Å². The molecule has 8 heteroatoms. The van der Waals surface area contributed by atoms with Crippen LogP contribution in [0.3, 0.4) is 0 Å². The first-order valence-corrected chi connectivity index (χ1v) is 11.4. The van der Waals surface area contributed by atoms with Gasteiger partial charge in [-0.25, -0.2) is 0 Å². The number of amides is 3. The van der Waals surface area contributed by atoms with Gasteiger partial charge < -0.3 is 20.6 Å². The minimum atomic E-state index is -1.31. The van der Waals surface area contributed by atoms with E-state index in [1.54, 1.807) is 36.1 Å². The lowest BCUT2D eigenvalue weighted by Gasteiger charge is -2.27. The monoisotopic (exact) mass is 451 g/mol. The maximum Gasteiger partial charge on any atom is 0.313 e. The van der Waals surface area contributed by atoms with Crippen LogP contribution in [0, 0.1) is 0 Å². The molecule has 1 aromatic heterocycles. The highest BCUT2D eigenvalue weighted by molar-refractivity contribution is 7.19. The minimum absolute atomic E-state index is 0.0564. The molecule has 4 rings (SSSR count). The number of piperidine rings is 1. The van der Waals surface area contributed by atoms with Crippen LogP contribution < -0.4 is 15.5 Å². The Morgan fingerprint density at radius 1 is 1.09 bits per heavy atom. The van der Waals surface area contributed by atoms with Crippen molar-refractivity contribution < 1.29 is 19.5 Å². The summed E-state index contributed by atoms with van der Waals surface area (Å²) in [7, 11) is 0. The van der Waals surface area contributed by atoms with Crippen molar-refractivity contribution in [2.45, 2.75) is 31.8 Å². The smallest absolute Gasteiger partial charge is 0.313 e. The van der Waals surface area contributed by atoms with E-state index in [0.29, 0.717) is 29.2 Å². The molecule has 2 aromatic carbocycles. The SMILES string of the molecule is CC(O)(CNC(=O)C(=O)Nc1cccc(N2CCCCC2=O)c1)c1cc2ccccc2s1. The Hall–Kier alpha value is -3.23. The van der Waals surface area contributed by atoms with E-state index < -0.39 is 17.4 Å². The number of thiophene rings is 1. The van der Waals surface area contributed by atoms with E-state index in [-0.39, 0.29) is 12.5 Å². The van der Waals surface area contributed by atoms with Crippen LogP contribution in [0.2, 0.25) is 0 Å². The van der Waals surface area contributed by atoms with E-state index in [0.717, 1.165) is 22.9 Å². The predicted molar refractivity (Wildman–Crippen MR) is 126 cm³/mol. The molecule has 3 amide bonds. The van der Waals surface area contributed by atoms with E-state index >= 15 is 0 Å². The summed E-state index contributed by atoms with van der Waals surface area (Å²) in [4.78, 5) is 39.3. The van der Waals surface area contributed by atoms with Crippen molar-refractivity contribution in [3.8, 4) is 0 Å². The standard InChI is InChI=1S/C24H25N3O4S/c1-24(31,20-13-16-7-2-3-10-19(16)32-20)15-25-22(29)23(30)26-17-8-6-9-18(14-17)27-12-5-4-11-21(27)28/h2-3,6-10,13-14,31H,4-5,11-12,15H2,1H3,(H,25,29)(H,26,30). The second kappa shape index (κ2) is 9.10. The maximum atomic E-state index is 12.4. The van der Waals surface area contributed by atoms with Gasteiger partial charge in [-0.3, -0.25) is 14.4 Å². The van der Waals surface area contributed by atoms with Gasteiger partial charge >= 0.3 is 11.8 Å². The summed E-state index contributed by atoms with van der Waals surface area (Å²) in [6.45, 7) is 2.15. The van der Waals surface area contributed by atoms with E-state index in [1.807, 2.05) is 30.3 Å². The number of nitrogens with zero attached hydrogens (tertiary/aromatic N) is 1. The fourth-order valence-corrected chi connectivity index (χ4v) is 4.79. The summed E-state index contributed by atoms with van der Waals surface area (Å²) in [5.74, 6) is -1.62. The van der Waals surface area contributed by atoms with Crippen LogP contribution in [0.15, 0.2) is 54.6 Å². The normalized spacial score (nSPS) is 15.9. The summed E-state index contributed by atoms with van der Waals surface area (Å²) in [5.41, 5.74) is -0.188. The number of hydrogen-bond donors (Lipinski definition) is 3. The Morgan fingerprint density at radius 2 is 1.91 bits per heavy atom. The zero-order chi connectivity index (χ0) is 22.7. The average Bonchev–Trinajstić information content (AvgIpc) is 3.23. The topological polar surface area (TPSA) is 98.7 Å². The highest BCUT2D eigenvalue weighted by Gasteiger charge is 2.27. The van der Waals surface area contributed by atoms with Crippen LogP contribution >= 0.6 is 11.3 Å². The highest BCUT2D eigenvalue weighted by atomic mass is 32.1. The van der Waals surface area contributed by atoms with Crippen LogP contribution in [0.4, 0.5) is 11.4 Å². The minimum Gasteiger partial charge on any atom is -0.383 e. The second-order valence-corrected chi connectivity index (χ2v) is 9.20. The molecule has 1 aliphatic heterocycles. The molecule has 1 aliphatic rings. The molecule has 3 aromatic rings. The largest absolute Gasteiger partial charge is 0.383 e. The third kappa shape index (κ3) is 4.81. The van der Waals surface area contributed by atoms with Gasteiger partial charge in [0.2, 0.25) is 5.91 Å². The highest BCUT2D eigenvalue weighted by Crippen LogP contribution is 2.32. The number of carbonyl (C=O) groups excluding carboxylic acids is 3. The Morgan fingerprint density at radius 3 is 2.69 bits per heavy atom. The van der Waals surface area contributed by atoms with Crippen molar-refractivity contribution >= 4 is 50.5 Å². The molecule has 0 radical (unpaired) electrons. The van der Waals surface area contributed by atoms with Crippen molar-refractivity contribution in [1.29, 1.82) is 0 Å². The summed E-state index contributed by atoms with van der Waals surface area (Å²) in [6.07, 6.45) is 2.33. The maximum absolute atomic E-state index is 12.4. The molecule has 32 heavy (non-hydrogen) atoms. The number of rotatable bonds is 5. The van der Waals surface area contributed by atoms with Crippen molar-refractivity contribution in [2.24, 2.45) is 0 Å². The number of carbonyl (C=O) groups is 3. The molecule has 0 spiro atoms. The third-order valence-electron chi connectivity index (χ3n) is 5.49. The average molecular weight is 452 g/mol. The lowest BCUT2D eigenvalue weighted by Crippen LogP contribution is -2.43. The van der Waals surface area contributed by atoms with E-state index in [1.165, 1.54) is 11.3 Å². The molecular formula is C24H25N3O4S. The van der Waals surface area contributed by atoms with Gasteiger partial charge in [-0.05, 0) is 55.5 Å². The fourth-order valence-electron chi connectivity index (χ4n) is 3.69. The molecule has 0 aliphatic carbocycles. The van der Waals surface area contributed by atoms with Gasteiger partial charge in [0.25, 0.3) is 0 Å². The van der Waals surface area contributed by atoms with Gasteiger partial charge in [0, 0.05) is 33.9 Å². The molecule has 3 N–H and O–H groups in total. The first kappa shape index (κ1) is 22.0. The third-order valence-corrected chi connectivity index (χ3v) is 6.86. The number of nitrogens with one attached hydrogen (secondary N) is 2. The van der Waals surface area contributed by atoms with Crippen LogP contribution in [0.25, 0.3) is 10.1 Å². The Kier molecular flexibility index (Phi) is 6.25. The number of aliphatic hydroxyl groups is 1. The van der Waals surface area contributed by atoms with Crippen molar-refractivity contribution in [2.75, 3.05) is 23.3 Å². The van der Waals surface area contributed by atoms with Crippen LogP contribution in [-0.4, -0.2) is 35.9 Å². The molecule has 1 atom stereocenters. The van der Waals surface area contributed by atoms with E-state index in [4.69, 9.17) is 0 Å². The zero-order valence-electron chi connectivity index (χ0n) is 17.8. The lowest BCUT2D eigenvalue weighted by atomic mass is 10.0. The second-order valence-electron chi connectivity index (χ2n) is 8.11. The molecule has 1 unspecified atom stereocenters. The summed E-state index contributed by atoms with van der Waals surface area (Å²) < 4.78 is 1.04. The summed E-state index contributed by atoms with van der Waals surface area (Å²) in [5, 5.41) is 16.9. The molecule has 0 saturated carbocycles. The molecular weight excluding hydrogens is 426 g/mol. The van der Waals surface area contributed by atoms with Gasteiger partial charge in [-0.2, -0.15) is 0 Å². The molecule has 7 nitrogen and oxygen atoms in total. The zero-order valence-corrected chi connectivity index (χ0v) is 18.6. The Labute approximate surface area is 190 Å². The Balaban J connectivity index is 1.37. The number of fused-ring (bicyclic) bond motifs is 1. The Bertz CT molecular complexity index is 1140. The number of anilines is 2. The van der Waals surface area contributed by atoms with Gasteiger partial charge in [0.15, 0.2) is 0 Å². The first-order valence-electron chi connectivity index (χ1n) is 10.5. The van der Waals surface area contributed by atoms with Gasteiger partial charge in [0.1, 0.15) is 5.60 Å². The molecule has 166 valence electrons. The lowest BCUT2D eigenvalue weighted by molar-refractivity contribution is -0.136. The van der Waals surface area contributed by atoms with E-state index in [2.05, 4.69) is 10.6 Å². The van der Waals surface area contributed by atoms with Gasteiger partial charge in [-0.1, -0.05) is 24.3 Å².